The van der Waals surface area contributed by atoms with E-state index in [0.29, 0.717) is 48.4 Å². The molecule has 2 aliphatic heterocycles. The first-order valence-electron chi connectivity index (χ1n) is 9.82. The summed E-state index contributed by atoms with van der Waals surface area (Å²) in [5.41, 5.74) is 6.45. The summed E-state index contributed by atoms with van der Waals surface area (Å²) in [6.07, 6.45) is 1.35. The lowest BCUT2D eigenvalue weighted by atomic mass is 9.92. The number of methoxy groups -OCH3 is 2. The molecule has 0 saturated carbocycles. The third kappa shape index (κ3) is 3.65. The van der Waals surface area contributed by atoms with E-state index in [1.807, 2.05) is 18.2 Å². The molecule has 1 aromatic carbocycles. The first-order valence-corrected chi connectivity index (χ1v) is 10.7. The highest BCUT2D eigenvalue weighted by Crippen LogP contribution is 2.43. The zero-order valence-electron chi connectivity index (χ0n) is 17.2. The highest BCUT2D eigenvalue weighted by molar-refractivity contribution is 8.00. The highest BCUT2D eigenvalue weighted by atomic mass is 32.2. The van der Waals surface area contributed by atoms with Crippen molar-refractivity contribution in [1.29, 1.82) is 0 Å². The third-order valence-corrected chi connectivity index (χ3v) is 6.92. The van der Waals surface area contributed by atoms with Crippen LogP contribution in [0.25, 0.3) is 0 Å². The lowest BCUT2D eigenvalue weighted by molar-refractivity contribution is -0.123. The van der Waals surface area contributed by atoms with Crippen LogP contribution < -0.4 is 15.2 Å². The Bertz CT molecular complexity index is 970. The van der Waals surface area contributed by atoms with E-state index >= 15 is 0 Å². The molecular formula is C20H25N5O4S. The quantitative estimate of drug-likeness (QED) is 0.735. The number of ether oxygens (including phenoxy) is 2. The maximum absolute atomic E-state index is 13.2. The number of aromatic nitrogens is 3. The van der Waals surface area contributed by atoms with Crippen molar-refractivity contribution >= 4 is 23.6 Å². The van der Waals surface area contributed by atoms with Crippen molar-refractivity contribution < 1.29 is 19.1 Å². The Balaban J connectivity index is 1.68. The van der Waals surface area contributed by atoms with Crippen molar-refractivity contribution in [1.82, 2.24) is 19.7 Å². The van der Waals surface area contributed by atoms with Gasteiger partial charge in [0.15, 0.2) is 16.7 Å². The third-order valence-electron chi connectivity index (χ3n) is 5.73. The van der Waals surface area contributed by atoms with E-state index < -0.39 is 5.25 Å². The van der Waals surface area contributed by atoms with Crippen molar-refractivity contribution in [2.24, 2.45) is 11.7 Å². The molecule has 0 radical (unpaired) electrons. The standard InChI is InChI=1S/C20H25N5O4S/c1-11-22-20-25(23-11)19(27)17(30-20)16(24-8-6-12(7-9-24)18(21)26)13-4-5-14(28-2)15(10-13)29-3/h4-5,10,12,16-17H,6-9H2,1-3H3,(H2,21,26). The molecule has 0 bridgehead atoms. The number of hydrogen-bond acceptors (Lipinski definition) is 8. The van der Waals surface area contributed by atoms with Crippen molar-refractivity contribution in [3.8, 4) is 11.5 Å². The number of amides is 1. The largest absolute Gasteiger partial charge is 0.493 e. The summed E-state index contributed by atoms with van der Waals surface area (Å²) in [5, 5.41) is 4.46. The first-order chi connectivity index (χ1) is 14.4. The molecule has 30 heavy (non-hydrogen) atoms. The SMILES string of the molecule is COc1ccc(C(C2Sc3nc(C)nn3C2=O)N2CCC(C(N)=O)CC2)cc1OC. The van der Waals surface area contributed by atoms with Gasteiger partial charge < -0.3 is 15.2 Å². The Hall–Kier alpha value is -2.59. The molecule has 2 N–H and O–H groups in total. The average Bonchev–Trinajstić information content (AvgIpc) is 3.25. The molecule has 10 heteroatoms. The van der Waals surface area contributed by atoms with Crippen molar-refractivity contribution in [2.45, 2.75) is 36.2 Å². The molecule has 1 aromatic heterocycles. The average molecular weight is 432 g/mol. The summed E-state index contributed by atoms with van der Waals surface area (Å²) >= 11 is 1.43. The normalized spacial score (nSPS) is 20.8. The second-order valence-corrected chi connectivity index (χ2v) is 8.61. The Morgan fingerprint density at radius 3 is 2.53 bits per heavy atom. The Labute approximate surface area is 178 Å². The minimum Gasteiger partial charge on any atom is -0.493 e. The fraction of sp³-hybridized carbons (Fsp3) is 0.500. The van der Waals surface area contributed by atoms with Crippen LogP contribution in [0.1, 0.15) is 35.1 Å². The molecule has 9 nitrogen and oxygen atoms in total. The summed E-state index contributed by atoms with van der Waals surface area (Å²) in [4.78, 5) is 31.4. The summed E-state index contributed by atoms with van der Waals surface area (Å²) in [5.74, 6) is 1.33. The summed E-state index contributed by atoms with van der Waals surface area (Å²) in [7, 11) is 3.18. The van der Waals surface area contributed by atoms with Crippen molar-refractivity contribution in [2.75, 3.05) is 27.3 Å². The van der Waals surface area contributed by atoms with Gasteiger partial charge in [-0.25, -0.2) is 4.98 Å². The number of carbonyl (C=O) groups excluding carboxylic acids is 2. The van der Waals surface area contributed by atoms with E-state index in [9.17, 15) is 9.59 Å². The lowest BCUT2D eigenvalue weighted by Gasteiger charge is -2.38. The van der Waals surface area contributed by atoms with Gasteiger partial charge in [0.25, 0.3) is 5.91 Å². The predicted octanol–water partition coefficient (Wildman–Crippen LogP) is 1.66. The number of primary amides is 1. The number of piperidine rings is 1. The van der Waals surface area contributed by atoms with Gasteiger partial charge in [-0.05, 0) is 50.6 Å². The van der Waals surface area contributed by atoms with E-state index in [4.69, 9.17) is 15.2 Å². The summed E-state index contributed by atoms with van der Waals surface area (Å²) in [6.45, 7) is 3.12. The second-order valence-electron chi connectivity index (χ2n) is 7.50. The molecule has 2 atom stereocenters. The molecule has 0 aliphatic carbocycles. The number of nitrogens with two attached hydrogens (primary N) is 1. The van der Waals surface area contributed by atoms with E-state index in [2.05, 4.69) is 15.0 Å². The van der Waals surface area contributed by atoms with Crippen LogP contribution in [0.5, 0.6) is 11.5 Å². The van der Waals surface area contributed by atoms with Gasteiger partial charge in [-0.15, -0.1) is 5.10 Å². The molecule has 0 spiro atoms. The monoisotopic (exact) mass is 431 g/mol. The van der Waals surface area contributed by atoms with Gasteiger partial charge in [0.1, 0.15) is 11.1 Å². The molecule has 160 valence electrons. The van der Waals surface area contributed by atoms with E-state index in [1.165, 1.54) is 16.4 Å². The molecule has 1 fully saturated rings. The predicted molar refractivity (Wildman–Crippen MR) is 111 cm³/mol. The smallest absolute Gasteiger partial charge is 0.264 e. The molecule has 4 rings (SSSR count). The molecule has 1 saturated heterocycles. The zero-order valence-corrected chi connectivity index (χ0v) is 18.0. The van der Waals surface area contributed by atoms with Crippen LogP contribution in [-0.4, -0.2) is 64.0 Å². The number of thioether (sulfide) groups is 1. The molecule has 2 aliphatic rings. The molecule has 2 aromatic rings. The second kappa shape index (κ2) is 8.27. The van der Waals surface area contributed by atoms with Gasteiger partial charge in [0.05, 0.1) is 20.3 Å². The maximum atomic E-state index is 13.2. The summed E-state index contributed by atoms with van der Waals surface area (Å²) < 4.78 is 12.3. The number of aryl methyl sites for hydroxylation is 1. The Kier molecular flexibility index (Phi) is 5.70. The highest BCUT2D eigenvalue weighted by Gasteiger charge is 2.44. The molecule has 3 heterocycles. The fourth-order valence-electron chi connectivity index (χ4n) is 4.18. The van der Waals surface area contributed by atoms with E-state index in [0.717, 1.165) is 5.56 Å². The lowest BCUT2D eigenvalue weighted by Crippen LogP contribution is -2.45. The van der Waals surface area contributed by atoms with Crippen LogP contribution in [0.3, 0.4) is 0 Å². The minimum atomic E-state index is -0.399. The van der Waals surface area contributed by atoms with Crippen LogP contribution >= 0.6 is 11.8 Å². The van der Waals surface area contributed by atoms with Crippen LogP contribution in [0.2, 0.25) is 0 Å². The minimum absolute atomic E-state index is 0.0904. The van der Waals surface area contributed by atoms with Crippen molar-refractivity contribution in [3.63, 3.8) is 0 Å². The molecule has 1 amide bonds. The summed E-state index contributed by atoms with van der Waals surface area (Å²) in [6, 6.07) is 5.50. The zero-order chi connectivity index (χ0) is 21.4. The van der Waals surface area contributed by atoms with Gasteiger partial charge >= 0.3 is 0 Å². The van der Waals surface area contributed by atoms with E-state index in [-0.39, 0.29) is 23.8 Å². The Morgan fingerprint density at radius 2 is 1.93 bits per heavy atom. The first kappa shape index (κ1) is 20.7. The number of rotatable bonds is 6. The van der Waals surface area contributed by atoms with Gasteiger partial charge in [0.2, 0.25) is 5.91 Å². The van der Waals surface area contributed by atoms with Gasteiger partial charge in [-0.1, -0.05) is 17.8 Å². The van der Waals surface area contributed by atoms with Crippen LogP contribution in [-0.2, 0) is 4.79 Å². The van der Waals surface area contributed by atoms with E-state index in [1.54, 1.807) is 21.1 Å². The number of carbonyl (C=O) groups is 2. The number of benzene rings is 1. The van der Waals surface area contributed by atoms with Crippen LogP contribution in [0.15, 0.2) is 23.4 Å². The number of likely N-dealkylation sites (tertiary alicyclic amines) is 1. The number of nitrogens with zero attached hydrogens (tertiary/aromatic N) is 4. The number of hydrogen-bond donors (Lipinski definition) is 1. The molecular weight excluding hydrogens is 406 g/mol. The maximum Gasteiger partial charge on any atom is 0.264 e. The fourth-order valence-corrected chi connectivity index (χ4v) is 5.48. The number of fused-ring (bicyclic) bond motifs is 1. The topological polar surface area (TPSA) is 113 Å². The van der Waals surface area contributed by atoms with Crippen molar-refractivity contribution in [3.05, 3.63) is 29.6 Å². The Morgan fingerprint density at radius 1 is 1.23 bits per heavy atom. The van der Waals surface area contributed by atoms with Gasteiger partial charge in [0, 0.05) is 5.92 Å². The van der Waals surface area contributed by atoms with Gasteiger partial charge in [-0.2, -0.15) is 4.68 Å². The van der Waals surface area contributed by atoms with Crippen LogP contribution in [0.4, 0.5) is 0 Å². The molecule has 2 unspecified atom stereocenters. The van der Waals surface area contributed by atoms with Gasteiger partial charge in [-0.3, -0.25) is 14.5 Å². The van der Waals surface area contributed by atoms with Crippen LogP contribution in [0, 0.1) is 12.8 Å².